The van der Waals surface area contributed by atoms with E-state index in [4.69, 9.17) is 5.73 Å². The molecule has 0 aliphatic heterocycles. The van der Waals surface area contributed by atoms with Crippen LogP contribution in [0.4, 0.5) is 5.69 Å². The van der Waals surface area contributed by atoms with Gasteiger partial charge in [-0.1, -0.05) is 6.92 Å². The van der Waals surface area contributed by atoms with Crippen LogP contribution in [-0.2, 0) is 16.4 Å². The molecule has 0 atom stereocenters. The van der Waals surface area contributed by atoms with Crippen LogP contribution in [0.3, 0.4) is 0 Å². The molecule has 1 amide bonds. The van der Waals surface area contributed by atoms with Crippen molar-refractivity contribution >= 4 is 21.6 Å². The number of benzene rings is 1. The van der Waals surface area contributed by atoms with Crippen LogP contribution in [0.1, 0.15) is 28.7 Å². The zero-order valence-corrected chi connectivity index (χ0v) is 12.5. The first-order valence-corrected chi connectivity index (χ1v) is 7.79. The van der Waals surface area contributed by atoms with Crippen molar-refractivity contribution in [1.82, 2.24) is 9.97 Å². The lowest BCUT2D eigenvalue weighted by atomic mass is 10.1. The van der Waals surface area contributed by atoms with Gasteiger partial charge in [-0.25, -0.2) is 4.98 Å². The van der Waals surface area contributed by atoms with Crippen LogP contribution in [0.25, 0.3) is 0 Å². The lowest BCUT2D eigenvalue weighted by Crippen LogP contribution is -2.15. The summed E-state index contributed by atoms with van der Waals surface area (Å²) >= 11 is 0. The van der Waals surface area contributed by atoms with E-state index < -0.39 is 15.9 Å². The fourth-order valence-electron chi connectivity index (χ4n) is 1.79. The number of rotatable bonds is 5. The molecule has 2 rings (SSSR count). The molecule has 8 heteroatoms. The van der Waals surface area contributed by atoms with Crippen LogP contribution in [-0.4, -0.2) is 24.3 Å². The number of H-pyrrole nitrogens is 1. The Bertz CT molecular complexity index is 780. The highest BCUT2D eigenvalue weighted by molar-refractivity contribution is 7.92. The fourth-order valence-corrected chi connectivity index (χ4v) is 2.86. The lowest BCUT2D eigenvalue weighted by molar-refractivity contribution is 0.1000. The molecule has 1 aromatic carbocycles. The Labute approximate surface area is 122 Å². The van der Waals surface area contributed by atoms with E-state index in [1.165, 1.54) is 24.4 Å². The average Bonchev–Trinajstić information content (AvgIpc) is 2.90. The molecular weight excluding hydrogens is 292 g/mol. The highest BCUT2D eigenvalue weighted by Gasteiger charge is 2.18. The predicted molar refractivity (Wildman–Crippen MR) is 78.5 cm³/mol. The number of nitrogens with two attached hydrogens (primary N) is 1. The number of nitrogens with one attached hydrogen (secondary N) is 2. The van der Waals surface area contributed by atoms with Crippen LogP contribution >= 0.6 is 0 Å². The van der Waals surface area contributed by atoms with Crippen molar-refractivity contribution in [3.8, 4) is 0 Å². The molecule has 1 heterocycles. The zero-order chi connectivity index (χ0) is 15.6. The Morgan fingerprint density at radius 2 is 2.14 bits per heavy atom. The monoisotopic (exact) mass is 308 g/mol. The molecule has 2 aromatic rings. The Balaban J connectivity index is 2.30. The van der Waals surface area contributed by atoms with E-state index in [0.717, 1.165) is 0 Å². The Morgan fingerprint density at radius 3 is 2.67 bits per heavy atom. The number of hydrogen-bond acceptors (Lipinski definition) is 4. The molecule has 0 saturated carbocycles. The van der Waals surface area contributed by atoms with Gasteiger partial charge in [0.05, 0.1) is 11.9 Å². The number of hydrogen-bond donors (Lipinski definition) is 3. The van der Waals surface area contributed by atoms with Crippen LogP contribution in [0.2, 0.25) is 0 Å². The molecule has 0 spiro atoms. The lowest BCUT2D eigenvalue weighted by Gasteiger charge is -2.10. The second kappa shape index (κ2) is 5.57. The highest BCUT2D eigenvalue weighted by Crippen LogP contribution is 2.20. The predicted octanol–water partition coefficient (Wildman–Crippen LogP) is 1.18. The second-order valence-corrected chi connectivity index (χ2v) is 6.20. The number of nitrogens with zero attached hydrogens (tertiary/aromatic N) is 1. The number of imidazole rings is 1. The molecule has 0 fully saturated rings. The molecule has 21 heavy (non-hydrogen) atoms. The number of carbonyl (C=O) groups is 1. The van der Waals surface area contributed by atoms with E-state index in [2.05, 4.69) is 14.7 Å². The average molecular weight is 308 g/mol. The highest BCUT2D eigenvalue weighted by atomic mass is 32.2. The van der Waals surface area contributed by atoms with Gasteiger partial charge in [-0.3, -0.25) is 9.52 Å². The van der Waals surface area contributed by atoms with E-state index in [-0.39, 0.29) is 5.03 Å². The van der Waals surface area contributed by atoms with Gasteiger partial charge in [0.2, 0.25) is 5.91 Å². The van der Waals surface area contributed by atoms with Gasteiger partial charge in [-0.15, -0.1) is 0 Å². The number of aryl methyl sites for hydroxylation is 2. The van der Waals surface area contributed by atoms with Crippen molar-refractivity contribution in [3.05, 3.63) is 41.3 Å². The van der Waals surface area contributed by atoms with Crippen LogP contribution < -0.4 is 10.5 Å². The summed E-state index contributed by atoms with van der Waals surface area (Å²) in [6, 6.07) is 4.51. The summed E-state index contributed by atoms with van der Waals surface area (Å²) in [4.78, 5) is 17.8. The minimum Gasteiger partial charge on any atom is -0.366 e. The smallest absolute Gasteiger partial charge is 0.278 e. The molecule has 0 aliphatic rings. The summed E-state index contributed by atoms with van der Waals surface area (Å²) in [5, 5.41) is -0.00210. The largest absolute Gasteiger partial charge is 0.366 e. The summed E-state index contributed by atoms with van der Waals surface area (Å²) in [7, 11) is -3.74. The van der Waals surface area contributed by atoms with Crippen molar-refractivity contribution in [3.63, 3.8) is 0 Å². The quantitative estimate of drug-likeness (QED) is 0.768. The van der Waals surface area contributed by atoms with Crippen molar-refractivity contribution in [2.75, 3.05) is 4.72 Å². The van der Waals surface area contributed by atoms with Crippen molar-refractivity contribution in [1.29, 1.82) is 0 Å². The van der Waals surface area contributed by atoms with Gasteiger partial charge in [-0.2, -0.15) is 8.42 Å². The number of anilines is 1. The maximum absolute atomic E-state index is 12.2. The number of amides is 1. The van der Waals surface area contributed by atoms with Gasteiger partial charge in [0.25, 0.3) is 10.0 Å². The summed E-state index contributed by atoms with van der Waals surface area (Å²) in [5.41, 5.74) is 6.49. The van der Waals surface area contributed by atoms with Gasteiger partial charge < -0.3 is 10.7 Å². The maximum atomic E-state index is 12.2. The number of carbonyl (C=O) groups excluding carboxylic acids is 1. The first-order valence-electron chi connectivity index (χ1n) is 6.30. The van der Waals surface area contributed by atoms with Crippen molar-refractivity contribution in [2.24, 2.45) is 5.73 Å². The van der Waals surface area contributed by atoms with Crippen LogP contribution in [0, 0.1) is 6.92 Å². The van der Waals surface area contributed by atoms with Crippen molar-refractivity contribution < 1.29 is 13.2 Å². The van der Waals surface area contributed by atoms with E-state index in [9.17, 15) is 13.2 Å². The molecular formula is C13H16N4O3S. The summed E-state index contributed by atoms with van der Waals surface area (Å²) < 4.78 is 26.9. The van der Waals surface area contributed by atoms with Gasteiger partial charge >= 0.3 is 0 Å². The van der Waals surface area contributed by atoms with Gasteiger partial charge in [-0.05, 0) is 30.7 Å². The van der Waals surface area contributed by atoms with Gasteiger partial charge in [0.15, 0.2) is 5.03 Å². The second-order valence-electron chi connectivity index (χ2n) is 4.55. The molecule has 0 saturated heterocycles. The maximum Gasteiger partial charge on any atom is 0.278 e. The fraction of sp³-hybridized carbons (Fsp3) is 0.231. The number of aromatic amines is 1. The van der Waals surface area contributed by atoms with E-state index in [1.807, 2.05) is 6.92 Å². The van der Waals surface area contributed by atoms with Gasteiger partial charge in [0, 0.05) is 12.0 Å². The Hall–Kier alpha value is -2.35. The normalized spacial score (nSPS) is 11.3. The van der Waals surface area contributed by atoms with E-state index >= 15 is 0 Å². The van der Waals surface area contributed by atoms with Crippen LogP contribution in [0.5, 0.6) is 0 Å². The molecule has 0 radical (unpaired) electrons. The third kappa shape index (κ3) is 3.22. The van der Waals surface area contributed by atoms with E-state index in [0.29, 0.717) is 29.1 Å². The standard InChI is InChI=1S/C13H16N4O3S/c1-3-11-15-7-12(16-11)21(19,20)17-10-5-4-9(13(14)18)6-8(10)2/h4-7,17H,3H2,1-2H3,(H2,14,18)(H,15,16). The number of aromatic nitrogens is 2. The first-order chi connectivity index (χ1) is 9.83. The number of sulfonamides is 1. The first kappa shape index (κ1) is 15.0. The van der Waals surface area contributed by atoms with Gasteiger partial charge in [0.1, 0.15) is 5.82 Å². The number of primary amides is 1. The third-order valence-electron chi connectivity index (χ3n) is 2.98. The molecule has 1 aromatic heterocycles. The minimum absolute atomic E-state index is 0.00210. The molecule has 0 bridgehead atoms. The summed E-state index contributed by atoms with van der Waals surface area (Å²) in [6.07, 6.45) is 1.89. The molecule has 0 unspecified atom stereocenters. The molecule has 4 N–H and O–H groups in total. The van der Waals surface area contributed by atoms with Crippen LogP contribution in [0.15, 0.2) is 29.4 Å². The zero-order valence-electron chi connectivity index (χ0n) is 11.7. The molecule has 0 aliphatic carbocycles. The third-order valence-corrected chi connectivity index (χ3v) is 4.26. The summed E-state index contributed by atoms with van der Waals surface area (Å²) in [6.45, 7) is 3.56. The Morgan fingerprint density at radius 1 is 1.43 bits per heavy atom. The topological polar surface area (TPSA) is 118 Å². The molecule has 112 valence electrons. The van der Waals surface area contributed by atoms with Crippen molar-refractivity contribution in [2.45, 2.75) is 25.3 Å². The SMILES string of the molecule is CCc1ncc(S(=O)(=O)Nc2ccc(C(N)=O)cc2C)[nH]1. The minimum atomic E-state index is -3.74. The van der Waals surface area contributed by atoms with E-state index in [1.54, 1.807) is 6.92 Å². The summed E-state index contributed by atoms with van der Waals surface area (Å²) in [5.74, 6) is 0.0323. The molecule has 7 nitrogen and oxygen atoms in total. The Kier molecular flexibility index (Phi) is 3.99.